The van der Waals surface area contributed by atoms with Crippen LogP contribution in [0.3, 0.4) is 0 Å². The van der Waals surface area contributed by atoms with Gasteiger partial charge in [0.1, 0.15) is 0 Å². The highest BCUT2D eigenvalue weighted by molar-refractivity contribution is 8.00. The topological polar surface area (TPSA) is 29.1 Å². The first-order chi connectivity index (χ1) is 5.20. The summed E-state index contributed by atoms with van der Waals surface area (Å²) < 4.78 is 0. The molecule has 1 N–H and O–H groups in total. The number of amides is 1. The lowest BCUT2D eigenvalue weighted by atomic mass is 10.2. The number of nitrogens with one attached hydrogen (secondary N) is 1. The van der Waals surface area contributed by atoms with Gasteiger partial charge >= 0.3 is 0 Å². The summed E-state index contributed by atoms with van der Waals surface area (Å²) in [5.41, 5.74) is 0. The zero-order valence-corrected chi connectivity index (χ0v) is 7.91. The maximum Gasteiger partial charge on any atom is 0.233 e. The minimum absolute atomic E-state index is 0.225. The van der Waals surface area contributed by atoms with Crippen molar-refractivity contribution < 1.29 is 4.79 Å². The van der Waals surface area contributed by atoms with Crippen LogP contribution < -0.4 is 5.32 Å². The molecule has 64 valence electrons. The fourth-order valence-corrected chi connectivity index (χ4v) is 2.33. The first-order valence-electron chi connectivity index (χ1n) is 4.12. The molecular weight excluding hydrogens is 158 g/mol. The molecule has 0 aliphatic carbocycles. The molecule has 0 aromatic rings. The van der Waals surface area contributed by atoms with Crippen molar-refractivity contribution in [3.8, 4) is 0 Å². The summed E-state index contributed by atoms with van der Waals surface area (Å²) in [4.78, 5) is 11.3. The Hall–Kier alpha value is -0.180. The second-order valence-electron chi connectivity index (χ2n) is 3.16. The minimum Gasteiger partial charge on any atom is -0.353 e. The van der Waals surface area contributed by atoms with Crippen molar-refractivity contribution in [1.29, 1.82) is 0 Å². The molecule has 1 fully saturated rings. The lowest BCUT2D eigenvalue weighted by molar-refractivity contribution is -0.121. The SMILES string of the molecule is CC(C)NC(=O)C1CCCS1. The molecule has 1 amide bonds. The molecule has 0 bridgehead atoms. The molecule has 1 unspecified atom stereocenters. The number of hydrogen-bond donors (Lipinski definition) is 1. The molecule has 1 atom stereocenters. The monoisotopic (exact) mass is 173 g/mol. The highest BCUT2D eigenvalue weighted by Crippen LogP contribution is 2.25. The quantitative estimate of drug-likeness (QED) is 0.684. The van der Waals surface area contributed by atoms with Gasteiger partial charge in [-0.15, -0.1) is 11.8 Å². The molecule has 0 aromatic heterocycles. The van der Waals surface area contributed by atoms with Crippen molar-refractivity contribution in [2.45, 2.75) is 38.0 Å². The van der Waals surface area contributed by atoms with Crippen LogP contribution in [0.5, 0.6) is 0 Å². The smallest absolute Gasteiger partial charge is 0.233 e. The predicted molar refractivity (Wildman–Crippen MR) is 48.8 cm³/mol. The molecule has 0 radical (unpaired) electrons. The highest BCUT2D eigenvalue weighted by atomic mass is 32.2. The molecular formula is C8H15NOS. The van der Waals surface area contributed by atoms with E-state index in [2.05, 4.69) is 5.32 Å². The number of thioether (sulfide) groups is 1. The molecule has 1 aliphatic rings. The van der Waals surface area contributed by atoms with E-state index in [0.29, 0.717) is 0 Å². The van der Waals surface area contributed by atoms with Crippen LogP contribution in [0.2, 0.25) is 0 Å². The fourth-order valence-electron chi connectivity index (χ4n) is 1.16. The first kappa shape index (κ1) is 8.91. The van der Waals surface area contributed by atoms with E-state index in [-0.39, 0.29) is 17.2 Å². The van der Waals surface area contributed by atoms with Crippen molar-refractivity contribution in [2.75, 3.05) is 5.75 Å². The van der Waals surface area contributed by atoms with E-state index in [1.165, 1.54) is 6.42 Å². The Bertz CT molecular complexity index is 141. The van der Waals surface area contributed by atoms with Gasteiger partial charge in [0.15, 0.2) is 0 Å². The van der Waals surface area contributed by atoms with E-state index in [0.717, 1.165) is 12.2 Å². The van der Waals surface area contributed by atoms with Crippen molar-refractivity contribution in [3.05, 3.63) is 0 Å². The summed E-state index contributed by atoms with van der Waals surface area (Å²) in [5, 5.41) is 3.16. The predicted octanol–water partition coefficient (Wildman–Crippen LogP) is 1.41. The Labute approximate surface area is 72.1 Å². The zero-order chi connectivity index (χ0) is 8.27. The van der Waals surface area contributed by atoms with Gasteiger partial charge in [0.25, 0.3) is 0 Å². The van der Waals surface area contributed by atoms with Crippen LogP contribution in [0.25, 0.3) is 0 Å². The minimum atomic E-state index is 0.225. The van der Waals surface area contributed by atoms with Crippen LogP contribution in [0.4, 0.5) is 0 Å². The van der Waals surface area contributed by atoms with Crippen molar-refractivity contribution in [1.82, 2.24) is 5.32 Å². The Morgan fingerprint density at radius 1 is 1.64 bits per heavy atom. The Balaban J connectivity index is 2.28. The molecule has 0 aromatic carbocycles. The second kappa shape index (κ2) is 4.00. The average Bonchev–Trinajstić information content (AvgIpc) is 2.35. The number of rotatable bonds is 2. The van der Waals surface area contributed by atoms with Gasteiger partial charge < -0.3 is 5.32 Å². The molecule has 0 spiro atoms. The van der Waals surface area contributed by atoms with E-state index in [1.54, 1.807) is 11.8 Å². The third-order valence-corrected chi connectivity index (χ3v) is 3.03. The maximum atomic E-state index is 11.3. The Morgan fingerprint density at radius 3 is 2.82 bits per heavy atom. The summed E-state index contributed by atoms with van der Waals surface area (Å²) in [6.45, 7) is 4.00. The molecule has 1 heterocycles. The molecule has 2 nitrogen and oxygen atoms in total. The van der Waals surface area contributed by atoms with Gasteiger partial charge in [-0.3, -0.25) is 4.79 Å². The van der Waals surface area contributed by atoms with Crippen molar-refractivity contribution in [2.24, 2.45) is 0 Å². The molecule has 11 heavy (non-hydrogen) atoms. The van der Waals surface area contributed by atoms with Crippen LogP contribution in [0.1, 0.15) is 26.7 Å². The maximum absolute atomic E-state index is 11.3. The molecule has 1 rings (SSSR count). The van der Waals surface area contributed by atoms with Crippen molar-refractivity contribution in [3.63, 3.8) is 0 Å². The van der Waals surface area contributed by atoms with Gasteiger partial charge in [0.05, 0.1) is 5.25 Å². The Morgan fingerprint density at radius 2 is 2.36 bits per heavy atom. The highest BCUT2D eigenvalue weighted by Gasteiger charge is 2.23. The van der Waals surface area contributed by atoms with Crippen molar-refractivity contribution >= 4 is 17.7 Å². The largest absolute Gasteiger partial charge is 0.353 e. The molecule has 0 saturated carbocycles. The van der Waals surface area contributed by atoms with Gasteiger partial charge in [-0.05, 0) is 32.4 Å². The van der Waals surface area contributed by atoms with Crippen LogP contribution in [-0.2, 0) is 4.79 Å². The fraction of sp³-hybridized carbons (Fsp3) is 0.875. The van der Waals surface area contributed by atoms with Crippen LogP contribution >= 0.6 is 11.8 Å². The van der Waals surface area contributed by atoms with Gasteiger partial charge in [0.2, 0.25) is 5.91 Å². The third kappa shape index (κ3) is 2.73. The lowest BCUT2D eigenvalue weighted by Gasteiger charge is -2.11. The summed E-state index contributed by atoms with van der Waals surface area (Å²) in [6, 6.07) is 0.281. The third-order valence-electron chi connectivity index (χ3n) is 1.65. The van der Waals surface area contributed by atoms with Gasteiger partial charge in [0, 0.05) is 6.04 Å². The van der Waals surface area contributed by atoms with E-state index >= 15 is 0 Å². The van der Waals surface area contributed by atoms with E-state index in [4.69, 9.17) is 0 Å². The van der Waals surface area contributed by atoms with Crippen LogP contribution in [-0.4, -0.2) is 23.0 Å². The van der Waals surface area contributed by atoms with Gasteiger partial charge in [-0.1, -0.05) is 0 Å². The standard InChI is InChI=1S/C8H15NOS/c1-6(2)9-8(10)7-4-3-5-11-7/h6-7H,3-5H2,1-2H3,(H,9,10). The summed E-state index contributed by atoms with van der Waals surface area (Å²) >= 11 is 1.78. The van der Waals surface area contributed by atoms with E-state index in [9.17, 15) is 4.79 Å². The van der Waals surface area contributed by atoms with E-state index in [1.807, 2.05) is 13.8 Å². The van der Waals surface area contributed by atoms with E-state index < -0.39 is 0 Å². The molecule has 3 heteroatoms. The first-order valence-corrected chi connectivity index (χ1v) is 5.17. The van der Waals surface area contributed by atoms with Crippen LogP contribution in [0, 0.1) is 0 Å². The summed E-state index contributed by atoms with van der Waals surface area (Å²) in [6.07, 6.45) is 2.25. The lowest BCUT2D eigenvalue weighted by Crippen LogP contribution is -2.36. The Kier molecular flexibility index (Phi) is 3.24. The van der Waals surface area contributed by atoms with Gasteiger partial charge in [-0.2, -0.15) is 0 Å². The number of hydrogen-bond acceptors (Lipinski definition) is 2. The summed E-state index contributed by atoms with van der Waals surface area (Å²) in [5.74, 6) is 1.37. The summed E-state index contributed by atoms with van der Waals surface area (Å²) in [7, 11) is 0. The molecule has 1 saturated heterocycles. The second-order valence-corrected chi connectivity index (χ2v) is 4.48. The average molecular weight is 173 g/mol. The van der Waals surface area contributed by atoms with Crippen LogP contribution in [0.15, 0.2) is 0 Å². The molecule has 1 aliphatic heterocycles. The number of carbonyl (C=O) groups excluding carboxylic acids is 1. The normalized spacial score (nSPS) is 24.1. The zero-order valence-electron chi connectivity index (χ0n) is 7.09. The van der Waals surface area contributed by atoms with Gasteiger partial charge in [-0.25, -0.2) is 0 Å². The number of carbonyl (C=O) groups is 1.